The van der Waals surface area contributed by atoms with E-state index in [4.69, 9.17) is 4.74 Å². The van der Waals surface area contributed by atoms with Crippen molar-refractivity contribution in [1.29, 1.82) is 0 Å². The van der Waals surface area contributed by atoms with E-state index in [0.29, 0.717) is 31.4 Å². The van der Waals surface area contributed by atoms with Gasteiger partial charge in [-0.25, -0.2) is 8.78 Å². The van der Waals surface area contributed by atoms with Crippen LogP contribution in [0.2, 0.25) is 0 Å². The number of fused-ring (bicyclic) bond motifs is 1. The summed E-state index contributed by atoms with van der Waals surface area (Å²) in [4.78, 5) is 11.1. The number of hydrogen-bond donors (Lipinski definition) is 1. The highest BCUT2D eigenvalue weighted by molar-refractivity contribution is 5.69. The number of hydrogen-bond acceptors (Lipinski definition) is 4. The number of methoxy groups -OCH3 is 1. The zero-order valence-corrected chi connectivity index (χ0v) is 17.2. The zero-order valence-electron chi connectivity index (χ0n) is 17.2. The van der Waals surface area contributed by atoms with Gasteiger partial charge in [0.05, 0.1) is 7.11 Å². The van der Waals surface area contributed by atoms with Gasteiger partial charge in [0, 0.05) is 12.3 Å². The van der Waals surface area contributed by atoms with Crippen molar-refractivity contribution in [3.05, 3.63) is 24.0 Å². The fourth-order valence-corrected chi connectivity index (χ4v) is 4.09. The zero-order chi connectivity index (χ0) is 20.7. The summed E-state index contributed by atoms with van der Waals surface area (Å²) in [5, 5.41) is 10.2. The van der Waals surface area contributed by atoms with E-state index in [0.717, 1.165) is 25.7 Å². The molecule has 160 valence electrons. The summed E-state index contributed by atoms with van der Waals surface area (Å²) in [5.74, 6) is -0.298. The lowest BCUT2D eigenvalue weighted by atomic mass is 9.88. The molecule has 0 aromatic carbocycles. The maximum atomic E-state index is 14.9. The Labute approximate surface area is 167 Å². The molecule has 1 aliphatic carbocycles. The summed E-state index contributed by atoms with van der Waals surface area (Å²) in [5.41, 5.74) is -1.67. The Hall–Kier alpha value is -1.43. The van der Waals surface area contributed by atoms with E-state index < -0.39 is 17.9 Å². The standard InChI is InChI=1S/C22H34F2O4/c1-4-5-14-22(2,24)18(25)13-11-15-10-12-16-20(15)21(23)17(28-16)8-6-7-9-19(26)27-3/h8,11,13,15-16,18,20-21,25H,4-7,9-10,12,14H2,1-3H3/b13-11+,17-8-/t15-,16-,18-,20-,21?,22?/m1/s1. The molecule has 1 heterocycles. The van der Waals surface area contributed by atoms with Gasteiger partial charge in [-0.2, -0.15) is 0 Å². The molecule has 2 unspecified atom stereocenters. The maximum absolute atomic E-state index is 14.9. The van der Waals surface area contributed by atoms with Crippen LogP contribution < -0.4 is 0 Å². The summed E-state index contributed by atoms with van der Waals surface area (Å²) >= 11 is 0. The van der Waals surface area contributed by atoms with Gasteiger partial charge in [0.25, 0.3) is 0 Å². The summed E-state index contributed by atoms with van der Waals surface area (Å²) in [6.07, 6.45) is 7.29. The van der Waals surface area contributed by atoms with Gasteiger partial charge in [0.2, 0.25) is 0 Å². The molecule has 1 N–H and O–H groups in total. The third-order valence-electron chi connectivity index (χ3n) is 5.94. The number of allylic oxidation sites excluding steroid dienone is 3. The van der Waals surface area contributed by atoms with Crippen molar-refractivity contribution in [1.82, 2.24) is 0 Å². The first-order valence-electron chi connectivity index (χ1n) is 10.4. The molecule has 1 saturated carbocycles. The van der Waals surface area contributed by atoms with Gasteiger partial charge in [-0.05, 0) is 51.0 Å². The molecule has 2 aliphatic rings. The molecule has 1 aliphatic heterocycles. The first-order chi connectivity index (χ1) is 13.3. The predicted molar refractivity (Wildman–Crippen MR) is 104 cm³/mol. The Kier molecular flexibility index (Phi) is 8.47. The highest BCUT2D eigenvalue weighted by Crippen LogP contribution is 2.47. The van der Waals surface area contributed by atoms with Crippen molar-refractivity contribution in [3.8, 4) is 0 Å². The van der Waals surface area contributed by atoms with Crippen LogP contribution in [0, 0.1) is 11.8 Å². The molecular formula is C22H34F2O4. The number of rotatable bonds is 10. The number of unbranched alkanes of at least 4 members (excludes halogenated alkanes) is 2. The van der Waals surface area contributed by atoms with Crippen LogP contribution >= 0.6 is 0 Å². The molecular weight excluding hydrogens is 366 g/mol. The van der Waals surface area contributed by atoms with E-state index in [1.807, 2.05) is 6.92 Å². The van der Waals surface area contributed by atoms with Crippen molar-refractivity contribution in [2.75, 3.05) is 7.11 Å². The molecule has 1 saturated heterocycles. The van der Waals surface area contributed by atoms with Crippen molar-refractivity contribution >= 4 is 5.97 Å². The third-order valence-corrected chi connectivity index (χ3v) is 5.94. The van der Waals surface area contributed by atoms with Gasteiger partial charge in [-0.3, -0.25) is 4.79 Å². The van der Waals surface area contributed by atoms with E-state index in [-0.39, 0.29) is 23.9 Å². The van der Waals surface area contributed by atoms with Crippen LogP contribution in [0.15, 0.2) is 24.0 Å². The predicted octanol–water partition coefficient (Wildman–Crippen LogP) is 4.81. The van der Waals surface area contributed by atoms with Gasteiger partial charge in [0.1, 0.15) is 23.6 Å². The number of carbonyl (C=O) groups excluding carboxylic acids is 1. The number of aliphatic hydroxyl groups excluding tert-OH is 1. The molecule has 2 rings (SSSR count). The average molecular weight is 401 g/mol. The van der Waals surface area contributed by atoms with Crippen LogP contribution in [0.5, 0.6) is 0 Å². The summed E-state index contributed by atoms with van der Waals surface area (Å²) in [6, 6.07) is 0. The molecule has 4 nitrogen and oxygen atoms in total. The molecule has 28 heavy (non-hydrogen) atoms. The van der Waals surface area contributed by atoms with E-state index in [9.17, 15) is 18.7 Å². The highest BCUT2D eigenvalue weighted by Gasteiger charge is 2.49. The van der Waals surface area contributed by atoms with Gasteiger partial charge in [-0.15, -0.1) is 0 Å². The molecule has 6 heteroatoms. The number of aliphatic hydroxyl groups is 1. The largest absolute Gasteiger partial charge is 0.492 e. The van der Waals surface area contributed by atoms with Crippen molar-refractivity contribution in [2.24, 2.45) is 11.8 Å². The number of carbonyl (C=O) groups is 1. The second-order valence-corrected chi connectivity index (χ2v) is 8.16. The van der Waals surface area contributed by atoms with E-state index in [1.165, 1.54) is 20.1 Å². The molecule has 0 radical (unpaired) electrons. The Morgan fingerprint density at radius 2 is 2.18 bits per heavy atom. The van der Waals surface area contributed by atoms with Crippen LogP contribution in [-0.2, 0) is 14.3 Å². The normalized spacial score (nSPS) is 31.6. The van der Waals surface area contributed by atoms with Gasteiger partial charge < -0.3 is 14.6 Å². The fraction of sp³-hybridized carbons (Fsp3) is 0.773. The van der Waals surface area contributed by atoms with E-state index in [2.05, 4.69) is 4.74 Å². The van der Waals surface area contributed by atoms with Crippen LogP contribution in [0.1, 0.15) is 65.2 Å². The highest BCUT2D eigenvalue weighted by atomic mass is 19.1. The molecule has 0 spiro atoms. The summed E-state index contributed by atoms with van der Waals surface area (Å²) in [6.45, 7) is 3.40. The Morgan fingerprint density at radius 1 is 1.43 bits per heavy atom. The lowest BCUT2D eigenvalue weighted by Crippen LogP contribution is -2.33. The minimum Gasteiger partial charge on any atom is -0.492 e. The first-order valence-corrected chi connectivity index (χ1v) is 10.4. The number of ether oxygens (including phenoxy) is 2. The van der Waals surface area contributed by atoms with E-state index >= 15 is 0 Å². The Morgan fingerprint density at radius 3 is 2.86 bits per heavy atom. The monoisotopic (exact) mass is 400 g/mol. The van der Waals surface area contributed by atoms with Crippen LogP contribution in [0.3, 0.4) is 0 Å². The average Bonchev–Trinajstić information content (AvgIpc) is 3.21. The smallest absolute Gasteiger partial charge is 0.305 e. The molecule has 0 aromatic heterocycles. The first kappa shape index (κ1) is 22.9. The Bertz CT molecular complexity index is 573. The summed E-state index contributed by atoms with van der Waals surface area (Å²) < 4.78 is 39.9. The second kappa shape index (κ2) is 10.4. The SMILES string of the molecule is CCCCC(C)(F)[C@H](O)/C=C/[C@H]1CC[C@H]2O/C(=C\CCCC(=O)OC)C(F)[C@H]12. The number of alkyl halides is 2. The molecule has 2 fully saturated rings. The van der Waals surface area contributed by atoms with Crippen LogP contribution in [0.4, 0.5) is 8.78 Å². The van der Waals surface area contributed by atoms with Gasteiger partial charge in [-0.1, -0.05) is 31.9 Å². The lowest BCUT2D eigenvalue weighted by molar-refractivity contribution is -0.140. The topological polar surface area (TPSA) is 55.8 Å². The van der Waals surface area contributed by atoms with E-state index in [1.54, 1.807) is 12.2 Å². The van der Waals surface area contributed by atoms with Crippen LogP contribution in [0.25, 0.3) is 0 Å². The van der Waals surface area contributed by atoms with Gasteiger partial charge in [0.15, 0.2) is 6.17 Å². The van der Waals surface area contributed by atoms with Crippen LogP contribution in [-0.4, -0.2) is 42.2 Å². The fourth-order valence-electron chi connectivity index (χ4n) is 4.09. The second-order valence-electron chi connectivity index (χ2n) is 8.16. The number of halogens is 2. The maximum Gasteiger partial charge on any atom is 0.305 e. The lowest BCUT2D eigenvalue weighted by Gasteiger charge is -2.24. The molecule has 6 atom stereocenters. The minimum atomic E-state index is -1.67. The number of esters is 1. The van der Waals surface area contributed by atoms with Crippen molar-refractivity contribution in [2.45, 2.75) is 89.3 Å². The van der Waals surface area contributed by atoms with Crippen molar-refractivity contribution in [3.63, 3.8) is 0 Å². The molecule has 0 bridgehead atoms. The third kappa shape index (κ3) is 5.79. The van der Waals surface area contributed by atoms with Crippen molar-refractivity contribution < 1.29 is 28.2 Å². The molecule has 0 aromatic rings. The minimum absolute atomic E-state index is 0.0717. The molecule has 0 amide bonds. The quantitative estimate of drug-likeness (QED) is 0.325. The summed E-state index contributed by atoms with van der Waals surface area (Å²) in [7, 11) is 1.35. The van der Waals surface area contributed by atoms with Gasteiger partial charge >= 0.3 is 5.97 Å². The Balaban J connectivity index is 1.91.